The van der Waals surface area contributed by atoms with Crippen molar-refractivity contribution in [3.8, 4) is 0 Å². The Hall–Kier alpha value is -3.89. The average Bonchev–Trinajstić information content (AvgIpc) is 3.15. The van der Waals surface area contributed by atoms with Crippen LogP contribution in [-0.2, 0) is 31.0 Å². The highest BCUT2D eigenvalue weighted by Gasteiger charge is 2.47. The van der Waals surface area contributed by atoms with E-state index in [9.17, 15) is 27.2 Å². The number of imide groups is 1. The first-order valence-electron chi connectivity index (χ1n) is 12.4. The first-order valence-corrected chi connectivity index (χ1v) is 13.8. The fraction of sp³-hybridized carbons (Fsp3) is 0.276. The summed E-state index contributed by atoms with van der Waals surface area (Å²) in [6.45, 7) is 8.21. The van der Waals surface area contributed by atoms with Crippen molar-refractivity contribution in [1.82, 2.24) is 4.31 Å². The van der Waals surface area contributed by atoms with Gasteiger partial charge in [0.1, 0.15) is 11.9 Å². The zero-order valence-electron chi connectivity index (χ0n) is 22.4. The number of carbonyl (C=O) groups excluding carboxylic acids is 3. The number of halogens is 1. The summed E-state index contributed by atoms with van der Waals surface area (Å²) in [5.41, 5.74) is 3.91. The number of benzene rings is 3. The van der Waals surface area contributed by atoms with Crippen LogP contribution in [0.2, 0.25) is 0 Å². The fourth-order valence-corrected chi connectivity index (χ4v) is 6.98. The Balaban J connectivity index is 1.79. The van der Waals surface area contributed by atoms with Crippen LogP contribution in [-0.4, -0.2) is 36.5 Å². The van der Waals surface area contributed by atoms with Gasteiger partial charge in [-0.15, -0.1) is 0 Å². The molecule has 0 aliphatic carbocycles. The van der Waals surface area contributed by atoms with E-state index in [-0.39, 0.29) is 29.5 Å². The smallest absolute Gasteiger partial charge is 0.252 e. The number of nitrogens with one attached hydrogen (secondary N) is 1. The third kappa shape index (κ3) is 5.48. The largest absolute Gasteiger partial charge is 0.326 e. The summed E-state index contributed by atoms with van der Waals surface area (Å²) in [7, 11) is -4.29. The maximum Gasteiger partial charge on any atom is 0.252 e. The highest BCUT2D eigenvalue weighted by atomic mass is 32.2. The number of aryl methyl sites for hydroxylation is 2. The Kier molecular flexibility index (Phi) is 7.72. The topological polar surface area (TPSA) is 104 Å². The molecule has 10 heteroatoms. The van der Waals surface area contributed by atoms with Crippen molar-refractivity contribution in [3.05, 3.63) is 88.2 Å². The molecule has 3 amide bonds. The van der Waals surface area contributed by atoms with Crippen molar-refractivity contribution in [1.29, 1.82) is 0 Å². The second kappa shape index (κ2) is 10.7. The van der Waals surface area contributed by atoms with Crippen molar-refractivity contribution in [2.24, 2.45) is 0 Å². The number of amides is 3. The van der Waals surface area contributed by atoms with E-state index in [0.29, 0.717) is 22.4 Å². The SMILES string of the molecule is CC(=O)Nc1ccc(N2C(=O)CC(N(Cc3ccc(F)cc3)S(=O)(=O)c3c(C)c(C)cc(C)c3C)C2=O)cc1. The van der Waals surface area contributed by atoms with Crippen molar-refractivity contribution in [3.63, 3.8) is 0 Å². The predicted octanol–water partition coefficient (Wildman–Crippen LogP) is 4.54. The van der Waals surface area contributed by atoms with Gasteiger partial charge >= 0.3 is 0 Å². The van der Waals surface area contributed by atoms with Gasteiger partial charge in [0.05, 0.1) is 17.0 Å². The summed E-state index contributed by atoms with van der Waals surface area (Å²) in [5, 5.41) is 2.62. The Morgan fingerprint density at radius 2 is 1.54 bits per heavy atom. The number of hydrogen-bond acceptors (Lipinski definition) is 5. The Labute approximate surface area is 227 Å². The van der Waals surface area contributed by atoms with Crippen molar-refractivity contribution < 1.29 is 27.2 Å². The second-order valence-electron chi connectivity index (χ2n) is 9.78. The second-order valence-corrected chi connectivity index (χ2v) is 11.6. The van der Waals surface area contributed by atoms with Crippen LogP contribution < -0.4 is 10.2 Å². The first kappa shape index (κ1) is 28.1. The third-order valence-corrected chi connectivity index (χ3v) is 9.16. The van der Waals surface area contributed by atoms with Crippen LogP contribution in [0, 0.1) is 33.5 Å². The fourth-order valence-electron chi connectivity index (χ4n) is 4.83. The van der Waals surface area contributed by atoms with Gasteiger partial charge in [-0.25, -0.2) is 17.7 Å². The monoisotopic (exact) mass is 551 g/mol. The molecule has 0 saturated carbocycles. The molecule has 0 aromatic heterocycles. The number of nitrogens with zero attached hydrogens (tertiary/aromatic N) is 2. The van der Waals surface area contributed by atoms with Crippen molar-refractivity contribution >= 4 is 39.1 Å². The van der Waals surface area contributed by atoms with E-state index in [2.05, 4.69) is 5.32 Å². The van der Waals surface area contributed by atoms with E-state index in [1.807, 2.05) is 19.9 Å². The van der Waals surface area contributed by atoms with E-state index in [1.165, 1.54) is 43.3 Å². The molecule has 1 heterocycles. The minimum Gasteiger partial charge on any atom is -0.326 e. The van der Waals surface area contributed by atoms with Gasteiger partial charge in [-0.05, 0) is 91.9 Å². The van der Waals surface area contributed by atoms with Crippen LogP contribution in [0.15, 0.2) is 59.5 Å². The predicted molar refractivity (Wildman–Crippen MR) is 146 cm³/mol. The summed E-state index contributed by atoms with van der Waals surface area (Å²) in [4.78, 5) is 39.2. The van der Waals surface area contributed by atoms with Gasteiger partial charge in [0, 0.05) is 19.2 Å². The van der Waals surface area contributed by atoms with Gasteiger partial charge < -0.3 is 5.32 Å². The van der Waals surface area contributed by atoms with Crippen LogP contribution in [0.3, 0.4) is 0 Å². The Morgan fingerprint density at radius 1 is 0.974 bits per heavy atom. The maximum atomic E-state index is 14.3. The molecule has 1 unspecified atom stereocenters. The van der Waals surface area contributed by atoms with Gasteiger partial charge in [-0.3, -0.25) is 14.4 Å². The lowest BCUT2D eigenvalue weighted by Crippen LogP contribution is -2.45. The van der Waals surface area contributed by atoms with E-state index in [1.54, 1.807) is 26.0 Å². The van der Waals surface area contributed by atoms with E-state index < -0.39 is 33.7 Å². The zero-order chi connectivity index (χ0) is 28.6. The maximum absolute atomic E-state index is 14.3. The summed E-state index contributed by atoms with van der Waals surface area (Å²) < 4.78 is 43.3. The zero-order valence-corrected chi connectivity index (χ0v) is 23.2. The summed E-state index contributed by atoms with van der Waals surface area (Å²) in [5.74, 6) is -1.98. The van der Waals surface area contributed by atoms with Crippen LogP contribution in [0.25, 0.3) is 0 Å². The number of anilines is 2. The van der Waals surface area contributed by atoms with Gasteiger partial charge in [0.25, 0.3) is 5.91 Å². The molecule has 0 bridgehead atoms. The lowest BCUT2D eigenvalue weighted by atomic mass is 10.0. The molecule has 3 aromatic rings. The van der Waals surface area contributed by atoms with Crippen LogP contribution in [0.4, 0.5) is 15.8 Å². The molecule has 1 atom stereocenters. The minimum atomic E-state index is -4.29. The van der Waals surface area contributed by atoms with E-state index >= 15 is 0 Å². The molecule has 0 spiro atoms. The number of hydrogen-bond donors (Lipinski definition) is 1. The third-order valence-electron chi connectivity index (χ3n) is 7.03. The Morgan fingerprint density at radius 3 is 2.08 bits per heavy atom. The summed E-state index contributed by atoms with van der Waals surface area (Å²) in [6, 6.07) is 12.1. The average molecular weight is 552 g/mol. The molecule has 4 rings (SSSR count). The van der Waals surface area contributed by atoms with Gasteiger partial charge in [0.2, 0.25) is 21.8 Å². The summed E-state index contributed by atoms with van der Waals surface area (Å²) in [6.07, 6.45) is -0.352. The van der Waals surface area contributed by atoms with Gasteiger partial charge in [-0.1, -0.05) is 18.2 Å². The number of rotatable bonds is 7. The highest BCUT2D eigenvalue weighted by molar-refractivity contribution is 7.89. The van der Waals surface area contributed by atoms with Gasteiger partial charge in [-0.2, -0.15) is 4.31 Å². The normalized spacial score (nSPS) is 15.8. The molecule has 1 fully saturated rings. The number of sulfonamides is 1. The molecular formula is C29H30FN3O5S. The van der Waals surface area contributed by atoms with Crippen molar-refractivity contribution in [2.75, 3.05) is 10.2 Å². The molecule has 1 N–H and O–H groups in total. The van der Waals surface area contributed by atoms with E-state index in [4.69, 9.17) is 0 Å². The molecule has 0 radical (unpaired) electrons. The van der Waals surface area contributed by atoms with Crippen LogP contribution in [0.1, 0.15) is 41.2 Å². The Bertz CT molecular complexity index is 1540. The highest BCUT2D eigenvalue weighted by Crippen LogP contribution is 2.35. The quantitative estimate of drug-likeness (QED) is 0.434. The number of carbonyl (C=O) groups is 3. The summed E-state index contributed by atoms with van der Waals surface area (Å²) >= 11 is 0. The van der Waals surface area contributed by atoms with Crippen LogP contribution >= 0.6 is 0 Å². The van der Waals surface area contributed by atoms with Gasteiger partial charge in [0.15, 0.2) is 0 Å². The van der Waals surface area contributed by atoms with Crippen LogP contribution in [0.5, 0.6) is 0 Å². The molecular weight excluding hydrogens is 521 g/mol. The van der Waals surface area contributed by atoms with Crippen molar-refractivity contribution in [2.45, 2.75) is 58.5 Å². The molecule has 1 aliphatic heterocycles. The molecule has 1 saturated heterocycles. The minimum absolute atomic E-state index is 0.0977. The molecule has 39 heavy (non-hydrogen) atoms. The van der Waals surface area contributed by atoms with E-state index in [0.717, 1.165) is 20.3 Å². The molecule has 3 aromatic carbocycles. The lowest BCUT2D eigenvalue weighted by Gasteiger charge is -2.29. The lowest BCUT2D eigenvalue weighted by molar-refractivity contribution is -0.122. The molecule has 1 aliphatic rings. The molecule has 204 valence electrons. The molecule has 8 nitrogen and oxygen atoms in total. The standard InChI is InChI=1S/C29H30FN3O5S/c1-17-14-18(2)20(4)28(19(17)3)39(37,38)32(16-22-6-8-23(30)9-7-22)26-15-27(35)33(29(26)36)25-12-10-24(11-13-25)31-21(5)34/h6-14,26H,15-16H2,1-5H3,(H,31,34). The first-order chi connectivity index (χ1) is 18.3.